The predicted octanol–water partition coefficient (Wildman–Crippen LogP) is 2.81. The number of aryl methyl sites for hydroxylation is 1. The molecular formula is C14H17FN2O2. The monoisotopic (exact) mass is 264 g/mol. The van der Waals surface area contributed by atoms with Gasteiger partial charge in [0.05, 0.1) is 5.69 Å². The lowest BCUT2D eigenvalue weighted by Gasteiger charge is -2.10. The molecule has 1 aromatic carbocycles. The highest BCUT2D eigenvalue weighted by molar-refractivity contribution is 5.34. The fourth-order valence-corrected chi connectivity index (χ4v) is 1.72. The van der Waals surface area contributed by atoms with Crippen molar-refractivity contribution in [2.45, 2.75) is 27.0 Å². The first-order valence-electron chi connectivity index (χ1n) is 6.23. The zero-order valence-corrected chi connectivity index (χ0v) is 11.1. The van der Waals surface area contributed by atoms with Gasteiger partial charge in [0.25, 0.3) is 0 Å². The molecule has 0 radical (unpaired) electrons. The van der Waals surface area contributed by atoms with Crippen LogP contribution in [-0.4, -0.2) is 11.7 Å². The molecule has 1 N–H and O–H groups in total. The van der Waals surface area contributed by atoms with Crippen molar-refractivity contribution in [1.29, 1.82) is 0 Å². The molecule has 1 heterocycles. The van der Waals surface area contributed by atoms with Crippen LogP contribution in [0.2, 0.25) is 0 Å². The van der Waals surface area contributed by atoms with Gasteiger partial charge < -0.3 is 14.6 Å². The maximum atomic E-state index is 13.2. The van der Waals surface area contributed by atoms with Gasteiger partial charge in [-0.2, -0.15) is 0 Å². The van der Waals surface area contributed by atoms with Crippen LogP contribution in [0.5, 0.6) is 5.75 Å². The van der Waals surface area contributed by atoms with Crippen LogP contribution in [0.15, 0.2) is 28.8 Å². The standard InChI is InChI=1S/C14H17FN2O2/c1-3-16-8-11-7-12(15)4-5-14(11)18-9-13-6-10(2)17-19-13/h4-7,16H,3,8-9H2,1-2H3. The van der Waals surface area contributed by atoms with Gasteiger partial charge in [-0.25, -0.2) is 4.39 Å². The number of nitrogens with one attached hydrogen (secondary N) is 1. The van der Waals surface area contributed by atoms with E-state index in [1.807, 2.05) is 19.9 Å². The Morgan fingerprint density at radius 2 is 2.21 bits per heavy atom. The van der Waals surface area contributed by atoms with Gasteiger partial charge in [-0.15, -0.1) is 0 Å². The van der Waals surface area contributed by atoms with E-state index < -0.39 is 0 Å². The third kappa shape index (κ3) is 3.79. The number of benzene rings is 1. The third-order valence-corrected chi connectivity index (χ3v) is 2.63. The Labute approximate surface area is 111 Å². The van der Waals surface area contributed by atoms with Crippen molar-refractivity contribution >= 4 is 0 Å². The topological polar surface area (TPSA) is 47.3 Å². The van der Waals surface area contributed by atoms with Crippen molar-refractivity contribution in [3.8, 4) is 5.75 Å². The minimum absolute atomic E-state index is 0.268. The lowest BCUT2D eigenvalue weighted by atomic mass is 10.2. The zero-order chi connectivity index (χ0) is 13.7. The summed E-state index contributed by atoms with van der Waals surface area (Å²) >= 11 is 0. The average Bonchev–Trinajstić information content (AvgIpc) is 2.81. The van der Waals surface area contributed by atoms with Crippen molar-refractivity contribution in [3.05, 3.63) is 47.1 Å². The van der Waals surface area contributed by atoms with E-state index in [1.165, 1.54) is 12.1 Å². The summed E-state index contributed by atoms with van der Waals surface area (Å²) in [6.45, 7) is 5.51. The fourth-order valence-electron chi connectivity index (χ4n) is 1.72. The van der Waals surface area contributed by atoms with Crippen LogP contribution in [0.4, 0.5) is 4.39 Å². The highest BCUT2D eigenvalue weighted by Crippen LogP contribution is 2.21. The average molecular weight is 264 g/mol. The number of ether oxygens (including phenoxy) is 1. The minimum Gasteiger partial charge on any atom is -0.485 e. The van der Waals surface area contributed by atoms with E-state index >= 15 is 0 Å². The Bertz CT molecular complexity index is 540. The molecule has 5 heteroatoms. The second-order valence-electron chi connectivity index (χ2n) is 4.26. The Balaban J connectivity index is 2.05. The molecule has 0 aliphatic rings. The summed E-state index contributed by atoms with van der Waals surface area (Å²) in [5, 5.41) is 6.94. The van der Waals surface area contributed by atoms with E-state index in [2.05, 4.69) is 10.5 Å². The molecule has 102 valence electrons. The molecular weight excluding hydrogens is 247 g/mol. The smallest absolute Gasteiger partial charge is 0.174 e. The number of aromatic nitrogens is 1. The SMILES string of the molecule is CCNCc1cc(F)ccc1OCc1cc(C)no1. The molecule has 0 aliphatic heterocycles. The van der Waals surface area contributed by atoms with Crippen LogP contribution in [0, 0.1) is 12.7 Å². The molecule has 0 spiro atoms. The Morgan fingerprint density at radius 1 is 1.37 bits per heavy atom. The van der Waals surface area contributed by atoms with E-state index in [0.29, 0.717) is 18.1 Å². The molecule has 1 aromatic heterocycles. The van der Waals surface area contributed by atoms with Crippen molar-refractivity contribution in [2.75, 3.05) is 6.54 Å². The van der Waals surface area contributed by atoms with Crippen LogP contribution in [0.3, 0.4) is 0 Å². The number of hydrogen-bond acceptors (Lipinski definition) is 4. The maximum Gasteiger partial charge on any atom is 0.174 e. The van der Waals surface area contributed by atoms with Crippen molar-refractivity contribution in [1.82, 2.24) is 10.5 Å². The van der Waals surface area contributed by atoms with Gasteiger partial charge in [-0.05, 0) is 31.7 Å². The molecule has 0 fully saturated rings. The molecule has 0 saturated heterocycles. The number of hydrogen-bond donors (Lipinski definition) is 1. The predicted molar refractivity (Wildman–Crippen MR) is 69.4 cm³/mol. The number of halogens is 1. The first-order valence-corrected chi connectivity index (χ1v) is 6.23. The quantitative estimate of drug-likeness (QED) is 0.871. The molecule has 4 nitrogen and oxygen atoms in total. The summed E-state index contributed by atoms with van der Waals surface area (Å²) < 4.78 is 23.9. The summed E-state index contributed by atoms with van der Waals surface area (Å²) in [6, 6.07) is 6.30. The Morgan fingerprint density at radius 3 is 2.89 bits per heavy atom. The first kappa shape index (κ1) is 13.5. The highest BCUT2D eigenvalue weighted by Gasteiger charge is 2.07. The second-order valence-corrected chi connectivity index (χ2v) is 4.26. The molecule has 0 bridgehead atoms. The zero-order valence-electron chi connectivity index (χ0n) is 11.1. The highest BCUT2D eigenvalue weighted by atomic mass is 19.1. The molecule has 0 unspecified atom stereocenters. The lowest BCUT2D eigenvalue weighted by molar-refractivity contribution is 0.246. The number of rotatable bonds is 6. The summed E-state index contributed by atoms with van der Waals surface area (Å²) in [5.41, 5.74) is 1.60. The van der Waals surface area contributed by atoms with E-state index in [4.69, 9.17) is 9.26 Å². The van der Waals surface area contributed by atoms with E-state index in [9.17, 15) is 4.39 Å². The third-order valence-electron chi connectivity index (χ3n) is 2.63. The van der Waals surface area contributed by atoms with Gasteiger partial charge in [-0.1, -0.05) is 12.1 Å². The molecule has 2 rings (SSSR count). The normalized spacial score (nSPS) is 10.7. The van der Waals surface area contributed by atoms with Crippen LogP contribution in [0.25, 0.3) is 0 Å². The fraction of sp³-hybridized carbons (Fsp3) is 0.357. The van der Waals surface area contributed by atoms with Gasteiger partial charge in [0.1, 0.15) is 18.2 Å². The minimum atomic E-state index is -0.268. The Kier molecular flexibility index (Phi) is 4.52. The van der Waals surface area contributed by atoms with Crippen LogP contribution >= 0.6 is 0 Å². The van der Waals surface area contributed by atoms with Crippen LogP contribution in [0.1, 0.15) is 23.9 Å². The van der Waals surface area contributed by atoms with Gasteiger partial charge in [-0.3, -0.25) is 0 Å². The van der Waals surface area contributed by atoms with Crippen molar-refractivity contribution < 1.29 is 13.7 Å². The van der Waals surface area contributed by atoms with Crippen LogP contribution < -0.4 is 10.1 Å². The van der Waals surface area contributed by atoms with Gasteiger partial charge in [0, 0.05) is 18.2 Å². The second kappa shape index (κ2) is 6.33. The molecule has 2 aromatic rings. The summed E-state index contributed by atoms with van der Waals surface area (Å²) in [7, 11) is 0. The molecule has 0 saturated carbocycles. The molecule has 0 atom stereocenters. The van der Waals surface area contributed by atoms with Gasteiger partial charge >= 0.3 is 0 Å². The van der Waals surface area contributed by atoms with Crippen molar-refractivity contribution in [3.63, 3.8) is 0 Å². The molecule has 0 amide bonds. The maximum absolute atomic E-state index is 13.2. The molecule has 19 heavy (non-hydrogen) atoms. The van der Waals surface area contributed by atoms with Crippen molar-refractivity contribution in [2.24, 2.45) is 0 Å². The summed E-state index contributed by atoms with van der Waals surface area (Å²) in [4.78, 5) is 0. The van der Waals surface area contributed by atoms with Gasteiger partial charge in [0.15, 0.2) is 5.76 Å². The number of nitrogens with zero attached hydrogens (tertiary/aromatic N) is 1. The molecule has 0 aliphatic carbocycles. The van der Waals surface area contributed by atoms with E-state index in [1.54, 1.807) is 6.07 Å². The van der Waals surface area contributed by atoms with E-state index in [0.717, 1.165) is 17.8 Å². The Hall–Kier alpha value is -1.88. The first-order chi connectivity index (χ1) is 9.19. The largest absolute Gasteiger partial charge is 0.485 e. The lowest BCUT2D eigenvalue weighted by Crippen LogP contribution is -2.13. The summed E-state index contributed by atoms with van der Waals surface area (Å²) in [6.07, 6.45) is 0. The van der Waals surface area contributed by atoms with Gasteiger partial charge in [0.2, 0.25) is 0 Å². The van der Waals surface area contributed by atoms with Crippen LogP contribution in [-0.2, 0) is 13.2 Å². The summed E-state index contributed by atoms with van der Waals surface area (Å²) in [5.74, 6) is 1.03. The van der Waals surface area contributed by atoms with E-state index in [-0.39, 0.29) is 12.4 Å².